The number of amides is 2. The second kappa shape index (κ2) is 10.4. The first-order chi connectivity index (χ1) is 13.9. The standard InChI is InChI=1S/C20H23ClN2O6/c1-26-15-6-5-13(21)11-14(15)20(25)23-8-7-22-19(24)12-9-16(27-2)18(29-4)17(10-12)28-3/h5-6,9-11H,7-8H2,1-4H3,(H,22,24)(H,23,25). The highest BCUT2D eigenvalue weighted by molar-refractivity contribution is 6.31. The Morgan fingerprint density at radius 1 is 0.793 bits per heavy atom. The maximum atomic E-state index is 12.4. The molecule has 29 heavy (non-hydrogen) atoms. The molecule has 0 saturated heterocycles. The van der Waals surface area contributed by atoms with Gasteiger partial charge >= 0.3 is 0 Å². The Morgan fingerprint density at radius 2 is 1.34 bits per heavy atom. The monoisotopic (exact) mass is 422 g/mol. The smallest absolute Gasteiger partial charge is 0.255 e. The first kappa shape index (κ1) is 22.2. The number of carbonyl (C=O) groups excluding carboxylic acids is 2. The van der Waals surface area contributed by atoms with Gasteiger partial charge in [-0.25, -0.2) is 0 Å². The summed E-state index contributed by atoms with van der Waals surface area (Å²) in [6.45, 7) is 0.425. The number of carbonyl (C=O) groups is 2. The van der Waals surface area contributed by atoms with Crippen molar-refractivity contribution in [2.75, 3.05) is 41.5 Å². The molecule has 2 aromatic carbocycles. The number of methoxy groups -OCH3 is 4. The van der Waals surface area contributed by atoms with Crippen LogP contribution in [0.1, 0.15) is 20.7 Å². The van der Waals surface area contributed by atoms with Gasteiger partial charge in [0.2, 0.25) is 5.75 Å². The van der Waals surface area contributed by atoms with Crippen molar-refractivity contribution in [3.8, 4) is 23.0 Å². The molecule has 0 heterocycles. The summed E-state index contributed by atoms with van der Waals surface area (Å²) in [6, 6.07) is 7.86. The van der Waals surface area contributed by atoms with Crippen LogP contribution < -0.4 is 29.6 Å². The molecule has 2 N–H and O–H groups in total. The number of hydrogen-bond acceptors (Lipinski definition) is 6. The van der Waals surface area contributed by atoms with Crippen LogP contribution in [-0.2, 0) is 0 Å². The first-order valence-corrected chi connectivity index (χ1v) is 9.02. The van der Waals surface area contributed by atoms with Crippen LogP contribution in [0.2, 0.25) is 5.02 Å². The van der Waals surface area contributed by atoms with Gasteiger partial charge in [-0.15, -0.1) is 0 Å². The van der Waals surface area contributed by atoms with Crippen LogP contribution in [0.15, 0.2) is 30.3 Å². The van der Waals surface area contributed by atoms with E-state index in [1.165, 1.54) is 34.5 Å². The Kier molecular flexibility index (Phi) is 7.97. The lowest BCUT2D eigenvalue weighted by Gasteiger charge is -2.14. The summed E-state index contributed by atoms with van der Waals surface area (Å²) >= 11 is 5.94. The van der Waals surface area contributed by atoms with Crippen LogP contribution in [0, 0.1) is 0 Å². The van der Waals surface area contributed by atoms with Crippen LogP contribution in [-0.4, -0.2) is 53.3 Å². The summed E-state index contributed by atoms with van der Waals surface area (Å²) in [5.74, 6) is 0.851. The lowest BCUT2D eigenvalue weighted by Crippen LogP contribution is -2.34. The summed E-state index contributed by atoms with van der Waals surface area (Å²) in [6.07, 6.45) is 0. The summed E-state index contributed by atoms with van der Waals surface area (Å²) in [7, 11) is 5.90. The van der Waals surface area contributed by atoms with Crippen molar-refractivity contribution < 1.29 is 28.5 Å². The lowest BCUT2D eigenvalue weighted by atomic mass is 10.1. The number of hydrogen-bond donors (Lipinski definition) is 2. The van der Waals surface area contributed by atoms with Gasteiger partial charge in [0.15, 0.2) is 11.5 Å². The fraction of sp³-hybridized carbons (Fsp3) is 0.300. The Labute approximate surface area is 174 Å². The molecule has 9 heteroatoms. The number of nitrogens with one attached hydrogen (secondary N) is 2. The fourth-order valence-corrected chi connectivity index (χ4v) is 2.79. The molecule has 8 nitrogen and oxygen atoms in total. The molecule has 2 aromatic rings. The number of benzene rings is 2. The average Bonchev–Trinajstić information content (AvgIpc) is 2.74. The Balaban J connectivity index is 1.97. The summed E-state index contributed by atoms with van der Waals surface area (Å²) in [4.78, 5) is 24.7. The molecule has 0 fully saturated rings. The van der Waals surface area contributed by atoms with Crippen molar-refractivity contribution in [2.45, 2.75) is 0 Å². The zero-order valence-electron chi connectivity index (χ0n) is 16.6. The van der Waals surface area contributed by atoms with E-state index in [1.807, 2.05) is 0 Å². The van der Waals surface area contributed by atoms with E-state index in [0.717, 1.165) is 0 Å². The number of halogens is 1. The topological polar surface area (TPSA) is 95.1 Å². The highest BCUT2D eigenvalue weighted by Crippen LogP contribution is 2.38. The number of ether oxygens (including phenoxy) is 4. The minimum atomic E-state index is -0.355. The maximum absolute atomic E-state index is 12.4. The highest BCUT2D eigenvalue weighted by Gasteiger charge is 2.17. The highest BCUT2D eigenvalue weighted by atomic mass is 35.5. The molecule has 0 unspecified atom stereocenters. The van der Waals surface area contributed by atoms with Crippen molar-refractivity contribution in [3.05, 3.63) is 46.5 Å². The minimum Gasteiger partial charge on any atom is -0.496 e. The Hall–Kier alpha value is -3.13. The van der Waals surface area contributed by atoms with E-state index in [2.05, 4.69) is 10.6 Å². The van der Waals surface area contributed by atoms with Gasteiger partial charge in [-0.2, -0.15) is 0 Å². The first-order valence-electron chi connectivity index (χ1n) is 8.65. The largest absolute Gasteiger partial charge is 0.496 e. The molecule has 0 bridgehead atoms. The molecule has 0 aliphatic heterocycles. The average molecular weight is 423 g/mol. The van der Waals surface area contributed by atoms with E-state index >= 15 is 0 Å². The van der Waals surface area contributed by atoms with Crippen molar-refractivity contribution in [3.63, 3.8) is 0 Å². The molecule has 0 atom stereocenters. The van der Waals surface area contributed by atoms with Crippen LogP contribution >= 0.6 is 11.6 Å². The van der Waals surface area contributed by atoms with E-state index in [0.29, 0.717) is 39.1 Å². The van der Waals surface area contributed by atoms with Crippen molar-refractivity contribution >= 4 is 23.4 Å². The summed E-state index contributed by atoms with van der Waals surface area (Å²) in [5.41, 5.74) is 0.651. The molecule has 0 aromatic heterocycles. The Morgan fingerprint density at radius 3 is 1.86 bits per heavy atom. The van der Waals surface area contributed by atoms with E-state index < -0.39 is 0 Å². The van der Waals surface area contributed by atoms with Gasteiger partial charge in [-0.1, -0.05) is 11.6 Å². The Bertz CT molecular complexity index is 862. The van der Waals surface area contributed by atoms with Gasteiger partial charge in [0.1, 0.15) is 5.75 Å². The van der Waals surface area contributed by atoms with Crippen molar-refractivity contribution in [1.82, 2.24) is 10.6 Å². The van der Waals surface area contributed by atoms with Gasteiger partial charge < -0.3 is 29.6 Å². The second-order valence-electron chi connectivity index (χ2n) is 5.77. The van der Waals surface area contributed by atoms with E-state index in [1.54, 1.807) is 24.3 Å². The normalized spacial score (nSPS) is 10.1. The van der Waals surface area contributed by atoms with Gasteiger partial charge in [0, 0.05) is 23.7 Å². The van der Waals surface area contributed by atoms with Crippen LogP contribution in [0.25, 0.3) is 0 Å². The summed E-state index contributed by atoms with van der Waals surface area (Å²) < 4.78 is 20.9. The molecular formula is C20H23ClN2O6. The van der Waals surface area contributed by atoms with Gasteiger partial charge in [0.05, 0.1) is 34.0 Å². The lowest BCUT2D eigenvalue weighted by molar-refractivity contribution is 0.0925. The maximum Gasteiger partial charge on any atom is 0.255 e. The molecule has 2 rings (SSSR count). The zero-order valence-corrected chi connectivity index (χ0v) is 17.4. The molecule has 0 radical (unpaired) electrons. The molecule has 156 valence electrons. The van der Waals surface area contributed by atoms with Crippen LogP contribution in [0.5, 0.6) is 23.0 Å². The quantitative estimate of drug-likeness (QED) is 0.603. The molecule has 0 spiro atoms. The van der Waals surface area contributed by atoms with Crippen LogP contribution in [0.3, 0.4) is 0 Å². The van der Waals surface area contributed by atoms with Crippen molar-refractivity contribution in [2.24, 2.45) is 0 Å². The molecular weight excluding hydrogens is 400 g/mol. The molecule has 0 saturated carbocycles. The number of rotatable bonds is 9. The van der Waals surface area contributed by atoms with Gasteiger partial charge in [-0.3, -0.25) is 9.59 Å². The minimum absolute atomic E-state index is 0.212. The second-order valence-corrected chi connectivity index (χ2v) is 6.21. The van der Waals surface area contributed by atoms with E-state index in [-0.39, 0.29) is 24.9 Å². The predicted octanol–water partition coefficient (Wildman–Crippen LogP) is 2.53. The van der Waals surface area contributed by atoms with E-state index in [4.69, 9.17) is 30.5 Å². The third-order valence-corrected chi connectivity index (χ3v) is 4.26. The van der Waals surface area contributed by atoms with E-state index in [9.17, 15) is 9.59 Å². The van der Waals surface area contributed by atoms with Gasteiger partial charge in [-0.05, 0) is 30.3 Å². The SMILES string of the molecule is COc1ccc(Cl)cc1C(=O)NCCNC(=O)c1cc(OC)c(OC)c(OC)c1. The third-order valence-electron chi connectivity index (χ3n) is 4.03. The summed E-state index contributed by atoms with van der Waals surface area (Å²) in [5, 5.41) is 5.86. The predicted molar refractivity (Wildman–Crippen MR) is 109 cm³/mol. The fourth-order valence-electron chi connectivity index (χ4n) is 2.62. The van der Waals surface area contributed by atoms with Gasteiger partial charge in [0.25, 0.3) is 11.8 Å². The molecule has 0 aliphatic rings. The third kappa shape index (κ3) is 5.45. The van der Waals surface area contributed by atoms with Crippen molar-refractivity contribution in [1.29, 1.82) is 0 Å². The zero-order chi connectivity index (χ0) is 21.4. The molecule has 0 aliphatic carbocycles. The molecule has 2 amide bonds. The van der Waals surface area contributed by atoms with Crippen LogP contribution in [0.4, 0.5) is 0 Å².